The minimum atomic E-state index is -0.695. The van der Waals surface area contributed by atoms with Gasteiger partial charge in [0.1, 0.15) is 11.8 Å². The van der Waals surface area contributed by atoms with Crippen LogP contribution in [0.15, 0.2) is 42.5 Å². The van der Waals surface area contributed by atoms with Crippen molar-refractivity contribution in [3.05, 3.63) is 63.6 Å². The number of amides is 2. The van der Waals surface area contributed by atoms with Gasteiger partial charge in [-0.05, 0) is 57.0 Å². The van der Waals surface area contributed by atoms with Crippen LogP contribution in [-0.2, 0) is 16.1 Å². The van der Waals surface area contributed by atoms with Crippen molar-refractivity contribution in [3.63, 3.8) is 0 Å². The Bertz CT molecular complexity index is 871. The highest BCUT2D eigenvalue weighted by Crippen LogP contribution is 2.23. The maximum Gasteiger partial charge on any atom is 0.261 e. The number of rotatable bonds is 9. The molecule has 0 radical (unpaired) electrons. The molecule has 0 heterocycles. The summed E-state index contributed by atoms with van der Waals surface area (Å²) >= 11 is 12.3. The van der Waals surface area contributed by atoms with Gasteiger partial charge in [0, 0.05) is 22.6 Å². The third kappa shape index (κ3) is 6.92. The van der Waals surface area contributed by atoms with Gasteiger partial charge in [0.2, 0.25) is 5.91 Å². The zero-order valence-electron chi connectivity index (χ0n) is 17.7. The van der Waals surface area contributed by atoms with Crippen LogP contribution in [0.1, 0.15) is 38.3 Å². The molecule has 0 aliphatic heterocycles. The van der Waals surface area contributed by atoms with Gasteiger partial charge >= 0.3 is 0 Å². The van der Waals surface area contributed by atoms with E-state index < -0.39 is 6.04 Å². The second-order valence-corrected chi connectivity index (χ2v) is 8.20. The van der Waals surface area contributed by atoms with Crippen molar-refractivity contribution < 1.29 is 14.3 Å². The maximum atomic E-state index is 13.0. The molecule has 0 aliphatic rings. The first-order valence-electron chi connectivity index (χ1n) is 9.94. The molecule has 5 nitrogen and oxygen atoms in total. The number of carbonyl (C=O) groups is 2. The number of carbonyl (C=O) groups excluding carboxylic acids is 2. The predicted octanol–water partition coefficient (Wildman–Crippen LogP) is 5.01. The summed E-state index contributed by atoms with van der Waals surface area (Å²) in [6.07, 6.45) is 0.798. The fourth-order valence-corrected chi connectivity index (χ4v) is 3.21. The number of halogens is 2. The van der Waals surface area contributed by atoms with Crippen molar-refractivity contribution in [2.75, 3.05) is 6.61 Å². The molecule has 162 valence electrons. The van der Waals surface area contributed by atoms with Crippen LogP contribution in [-0.4, -0.2) is 35.4 Å². The third-order valence-electron chi connectivity index (χ3n) is 4.91. The SMILES string of the molecule is CCC(C)NC(=O)C(C)N(Cc1ccc(Cl)cc1Cl)C(=O)COc1ccc(C)cc1. The first kappa shape index (κ1) is 24.0. The summed E-state index contributed by atoms with van der Waals surface area (Å²) in [6, 6.07) is 11.8. The van der Waals surface area contributed by atoms with E-state index in [9.17, 15) is 9.59 Å². The molecular weight excluding hydrogens is 423 g/mol. The lowest BCUT2D eigenvalue weighted by Crippen LogP contribution is -2.50. The van der Waals surface area contributed by atoms with Crippen molar-refractivity contribution in [2.24, 2.45) is 0 Å². The second-order valence-electron chi connectivity index (χ2n) is 7.35. The lowest BCUT2D eigenvalue weighted by molar-refractivity contribution is -0.142. The Morgan fingerprint density at radius 2 is 1.77 bits per heavy atom. The molecule has 1 N–H and O–H groups in total. The summed E-state index contributed by atoms with van der Waals surface area (Å²) in [4.78, 5) is 27.2. The fraction of sp³-hybridized carbons (Fsp3) is 0.391. The molecule has 2 unspecified atom stereocenters. The molecule has 30 heavy (non-hydrogen) atoms. The maximum absolute atomic E-state index is 13.0. The average Bonchev–Trinajstić information content (AvgIpc) is 2.72. The number of nitrogens with zero attached hydrogens (tertiary/aromatic N) is 1. The van der Waals surface area contributed by atoms with Crippen LogP contribution in [0.25, 0.3) is 0 Å². The molecule has 0 aromatic heterocycles. The topological polar surface area (TPSA) is 58.6 Å². The zero-order chi connectivity index (χ0) is 22.3. The standard InChI is InChI=1S/C23H28Cl2N2O3/c1-5-16(3)26-23(29)17(4)27(13-18-8-9-19(24)12-21(18)25)22(28)14-30-20-10-6-15(2)7-11-20/h6-12,16-17H,5,13-14H2,1-4H3,(H,26,29). The van der Waals surface area contributed by atoms with E-state index in [0.29, 0.717) is 21.4 Å². The number of hydrogen-bond acceptors (Lipinski definition) is 3. The van der Waals surface area contributed by atoms with Crippen molar-refractivity contribution in [1.82, 2.24) is 10.2 Å². The minimum absolute atomic E-state index is 0.0137. The zero-order valence-corrected chi connectivity index (χ0v) is 19.3. The molecule has 2 rings (SSSR count). The normalized spacial score (nSPS) is 12.7. The van der Waals surface area contributed by atoms with Crippen molar-refractivity contribution in [1.29, 1.82) is 0 Å². The molecule has 2 aromatic rings. The Labute approximate surface area is 188 Å². The van der Waals surface area contributed by atoms with Crippen molar-refractivity contribution in [2.45, 2.75) is 52.7 Å². The molecule has 0 fully saturated rings. The van der Waals surface area contributed by atoms with Gasteiger partial charge < -0.3 is 15.0 Å². The molecule has 7 heteroatoms. The van der Waals surface area contributed by atoms with E-state index in [0.717, 1.165) is 12.0 Å². The smallest absolute Gasteiger partial charge is 0.261 e. The molecular formula is C23H28Cl2N2O3. The van der Waals surface area contributed by atoms with Crippen LogP contribution in [0, 0.1) is 6.92 Å². The van der Waals surface area contributed by atoms with E-state index in [1.54, 1.807) is 25.1 Å². The average molecular weight is 451 g/mol. The quantitative estimate of drug-likeness (QED) is 0.583. The van der Waals surface area contributed by atoms with Crippen molar-refractivity contribution in [3.8, 4) is 5.75 Å². The molecule has 0 spiro atoms. The lowest BCUT2D eigenvalue weighted by Gasteiger charge is -2.30. The lowest BCUT2D eigenvalue weighted by atomic mass is 10.1. The Morgan fingerprint density at radius 1 is 1.10 bits per heavy atom. The molecule has 0 bridgehead atoms. The second kappa shape index (κ2) is 11.2. The number of ether oxygens (including phenoxy) is 1. The van der Waals surface area contributed by atoms with Gasteiger partial charge in [0.25, 0.3) is 5.91 Å². The fourth-order valence-electron chi connectivity index (χ4n) is 2.74. The monoisotopic (exact) mass is 450 g/mol. The van der Waals surface area contributed by atoms with Gasteiger partial charge in [-0.25, -0.2) is 0 Å². The van der Waals surface area contributed by atoms with Gasteiger partial charge in [0.05, 0.1) is 0 Å². The molecule has 0 saturated heterocycles. The van der Waals surface area contributed by atoms with Crippen LogP contribution < -0.4 is 10.1 Å². The minimum Gasteiger partial charge on any atom is -0.484 e. The van der Waals surface area contributed by atoms with Gasteiger partial charge in [-0.1, -0.05) is 53.9 Å². The highest BCUT2D eigenvalue weighted by molar-refractivity contribution is 6.35. The summed E-state index contributed by atoms with van der Waals surface area (Å²) in [5, 5.41) is 3.87. The Kier molecular flexibility index (Phi) is 9.00. The molecule has 0 aliphatic carbocycles. The number of nitrogens with one attached hydrogen (secondary N) is 1. The summed E-state index contributed by atoms with van der Waals surface area (Å²) in [5.74, 6) is 0.0571. The highest BCUT2D eigenvalue weighted by Gasteiger charge is 2.27. The van der Waals surface area contributed by atoms with Crippen LogP contribution in [0.3, 0.4) is 0 Å². The van der Waals surface area contributed by atoms with Crippen LogP contribution >= 0.6 is 23.2 Å². The highest BCUT2D eigenvalue weighted by atomic mass is 35.5. The Balaban J connectivity index is 2.18. The number of aryl methyl sites for hydroxylation is 1. The van der Waals surface area contributed by atoms with E-state index >= 15 is 0 Å². The van der Waals surface area contributed by atoms with E-state index in [1.165, 1.54) is 4.90 Å². The van der Waals surface area contributed by atoms with E-state index in [1.807, 2.05) is 45.0 Å². The Morgan fingerprint density at radius 3 is 2.37 bits per heavy atom. The van der Waals surface area contributed by atoms with Crippen LogP contribution in [0.4, 0.5) is 0 Å². The Hall–Kier alpha value is -2.24. The number of hydrogen-bond donors (Lipinski definition) is 1. The van der Waals surface area contributed by atoms with E-state index in [-0.39, 0.29) is 31.0 Å². The molecule has 2 aromatic carbocycles. The van der Waals surface area contributed by atoms with Gasteiger partial charge in [-0.15, -0.1) is 0 Å². The summed E-state index contributed by atoms with van der Waals surface area (Å²) in [7, 11) is 0. The molecule has 2 atom stereocenters. The third-order valence-corrected chi connectivity index (χ3v) is 5.49. The molecule has 0 saturated carbocycles. The van der Waals surface area contributed by atoms with E-state index in [2.05, 4.69) is 5.32 Å². The largest absolute Gasteiger partial charge is 0.484 e. The predicted molar refractivity (Wildman–Crippen MR) is 121 cm³/mol. The van der Waals surface area contributed by atoms with E-state index in [4.69, 9.17) is 27.9 Å². The van der Waals surface area contributed by atoms with Crippen LogP contribution in [0.5, 0.6) is 5.75 Å². The van der Waals surface area contributed by atoms with Crippen LogP contribution in [0.2, 0.25) is 10.0 Å². The summed E-state index contributed by atoms with van der Waals surface area (Å²) in [5.41, 5.74) is 1.80. The number of benzene rings is 2. The van der Waals surface area contributed by atoms with Gasteiger partial charge in [-0.3, -0.25) is 9.59 Å². The van der Waals surface area contributed by atoms with Gasteiger partial charge in [-0.2, -0.15) is 0 Å². The summed E-state index contributed by atoms with van der Waals surface area (Å²) < 4.78 is 5.65. The van der Waals surface area contributed by atoms with Crippen molar-refractivity contribution >= 4 is 35.0 Å². The summed E-state index contributed by atoms with van der Waals surface area (Å²) in [6.45, 7) is 7.57. The first-order valence-corrected chi connectivity index (χ1v) is 10.7. The first-order chi connectivity index (χ1) is 14.2. The van der Waals surface area contributed by atoms with Gasteiger partial charge in [0.15, 0.2) is 6.61 Å². The molecule has 2 amide bonds.